The van der Waals surface area contributed by atoms with Crippen molar-refractivity contribution in [2.24, 2.45) is 5.73 Å². The molecule has 2 aliphatic heterocycles. The highest BCUT2D eigenvalue weighted by Crippen LogP contribution is 2.32. The van der Waals surface area contributed by atoms with Gasteiger partial charge in [-0.05, 0) is 44.4 Å². The molecule has 1 amide bonds. The zero-order valence-electron chi connectivity index (χ0n) is 12.8. The van der Waals surface area contributed by atoms with Crippen LogP contribution in [-0.4, -0.2) is 42.6 Å². The highest BCUT2D eigenvalue weighted by Gasteiger charge is 2.30. The van der Waals surface area contributed by atoms with Crippen LogP contribution in [0.5, 0.6) is 11.5 Å². The summed E-state index contributed by atoms with van der Waals surface area (Å²) >= 11 is 0. The first-order valence-corrected chi connectivity index (χ1v) is 7.63. The largest absolute Gasteiger partial charge is 0.486 e. The van der Waals surface area contributed by atoms with Crippen molar-refractivity contribution in [2.45, 2.75) is 38.3 Å². The number of nitrogens with two attached hydrogens (primary N) is 1. The number of ether oxygens (including phenoxy) is 2. The Labute approximate surface area is 137 Å². The fourth-order valence-electron chi connectivity index (χ4n) is 3.10. The molecule has 122 valence electrons. The van der Waals surface area contributed by atoms with Crippen LogP contribution in [0.1, 0.15) is 36.5 Å². The third-order valence-electron chi connectivity index (χ3n) is 4.21. The summed E-state index contributed by atoms with van der Waals surface area (Å²) in [6, 6.07) is 5.52. The van der Waals surface area contributed by atoms with Gasteiger partial charge in [0.05, 0.1) is 0 Å². The zero-order chi connectivity index (χ0) is 14.8. The summed E-state index contributed by atoms with van der Waals surface area (Å²) in [5.41, 5.74) is 6.69. The van der Waals surface area contributed by atoms with Crippen LogP contribution in [0.4, 0.5) is 0 Å². The average Bonchev–Trinajstić information content (AvgIpc) is 2.53. The van der Waals surface area contributed by atoms with Gasteiger partial charge in [-0.3, -0.25) is 4.79 Å². The van der Waals surface area contributed by atoms with Gasteiger partial charge in [0.1, 0.15) is 13.2 Å². The Balaban J connectivity index is 0.00000176. The summed E-state index contributed by atoms with van der Waals surface area (Å²) in [6.07, 6.45) is 3.16. The molecular weight excluding hydrogens is 304 g/mol. The maximum absolute atomic E-state index is 12.8. The molecule has 0 aromatic heterocycles. The van der Waals surface area contributed by atoms with Gasteiger partial charge in [0.2, 0.25) is 0 Å². The van der Waals surface area contributed by atoms with Crippen molar-refractivity contribution in [3.8, 4) is 11.5 Å². The number of halogens is 1. The average molecular weight is 327 g/mol. The third kappa shape index (κ3) is 3.31. The summed E-state index contributed by atoms with van der Waals surface area (Å²) in [5.74, 6) is 1.40. The molecule has 5 nitrogen and oxygen atoms in total. The maximum Gasteiger partial charge on any atom is 0.254 e. The van der Waals surface area contributed by atoms with E-state index < -0.39 is 0 Å². The van der Waals surface area contributed by atoms with Crippen LogP contribution in [-0.2, 0) is 0 Å². The standard InChI is InChI=1S/C16H22N2O3.ClH/c1-11(17)13-4-2-3-7-18(13)16(19)12-5-6-14-15(10-12)21-9-8-20-14;/h5-6,10-11,13H,2-4,7-9,17H2,1H3;1H. The maximum atomic E-state index is 12.8. The van der Waals surface area contributed by atoms with Gasteiger partial charge >= 0.3 is 0 Å². The summed E-state index contributed by atoms with van der Waals surface area (Å²) < 4.78 is 11.0. The van der Waals surface area contributed by atoms with E-state index in [4.69, 9.17) is 15.2 Å². The number of hydrogen-bond donors (Lipinski definition) is 1. The van der Waals surface area contributed by atoms with Crippen LogP contribution in [0.3, 0.4) is 0 Å². The predicted octanol–water partition coefficient (Wildman–Crippen LogP) is 2.22. The molecule has 0 spiro atoms. The van der Waals surface area contributed by atoms with E-state index in [-0.39, 0.29) is 30.4 Å². The Kier molecular flexibility index (Phi) is 5.53. The quantitative estimate of drug-likeness (QED) is 0.905. The van der Waals surface area contributed by atoms with E-state index in [1.165, 1.54) is 0 Å². The lowest BCUT2D eigenvalue weighted by molar-refractivity contribution is 0.0583. The van der Waals surface area contributed by atoms with Crippen molar-refractivity contribution in [3.05, 3.63) is 23.8 Å². The van der Waals surface area contributed by atoms with Gasteiger partial charge in [-0.2, -0.15) is 0 Å². The molecule has 6 heteroatoms. The first-order valence-electron chi connectivity index (χ1n) is 7.63. The molecule has 1 saturated heterocycles. The van der Waals surface area contributed by atoms with Crippen molar-refractivity contribution in [3.63, 3.8) is 0 Å². The molecule has 2 unspecified atom stereocenters. The van der Waals surface area contributed by atoms with Gasteiger partial charge in [0.15, 0.2) is 11.5 Å². The fourth-order valence-corrected chi connectivity index (χ4v) is 3.10. The normalized spacial score (nSPS) is 21.7. The smallest absolute Gasteiger partial charge is 0.254 e. The molecule has 1 aromatic rings. The van der Waals surface area contributed by atoms with Gasteiger partial charge < -0.3 is 20.1 Å². The first-order chi connectivity index (χ1) is 10.2. The second kappa shape index (κ2) is 7.20. The number of amides is 1. The molecule has 3 rings (SSSR count). The lowest BCUT2D eigenvalue weighted by Crippen LogP contribution is -2.51. The molecule has 2 aliphatic rings. The van der Waals surface area contributed by atoms with Crippen LogP contribution in [0, 0.1) is 0 Å². The molecule has 1 fully saturated rings. The molecule has 0 radical (unpaired) electrons. The van der Waals surface area contributed by atoms with Crippen molar-refractivity contribution in [1.82, 2.24) is 4.90 Å². The van der Waals surface area contributed by atoms with E-state index in [2.05, 4.69) is 0 Å². The van der Waals surface area contributed by atoms with E-state index in [9.17, 15) is 4.79 Å². The molecular formula is C16H23ClN2O3. The lowest BCUT2D eigenvalue weighted by Gasteiger charge is -2.38. The topological polar surface area (TPSA) is 64.8 Å². The van der Waals surface area contributed by atoms with Crippen LogP contribution < -0.4 is 15.2 Å². The van der Waals surface area contributed by atoms with Gasteiger partial charge in [0, 0.05) is 24.2 Å². The number of piperidine rings is 1. The molecule has 22 heavy (non-hydrogen) atoms. The Morgan fingerprint density at radius 3 is 2.73 bits per heavy atom. The number of hydrogen-bond acceptors (Lipinski definition) is 4. The van der Waals surface area contributed by atoms with Crippen LogP contribution in [0.2, 0.25) is 0 Å². The van der Waals surface area contributed by atoms with Gasteiger partial charge in [-0.15, -0.1) is 12.4 Å². The van der Waals surface area contributed by atoms with E-state index in [1.54, 1.807) is 6.07 Å². The van der Waals surface area contributed by atoms with Crippen molar-refractivity contribution < 1.29 is 14.3 Å². The van der Waals surface area contributed by atoms with Crippen LogP contribution in [0.25, 0.3) is 0 Å². The fraction of sp³-hybridized carbons (Fsp3) is 0.562. The Bertz CT molecular complexity index is 536. The number of carbonyl (C=O) groups excluding carboxylic acids is 1. The molecule has 0 saturated carbocycles. The number of rotatable bonds is 2. The molecule has 2 N–H and O–H groups in total. The Morgan fingerprint density at radius 2 is 2.00 bits per heavy atom. The second-order valence-corrected chi connectivity index (χ2v) is 5.78. The SMILES string of the molecule is CC(N)C1CCCCN1C(=O)c1ccc2c(c1)OCCO2.Cl. The number of nitrogens with zero attached hydrogens (tertiary/aromatic N) is 1. The van der Waals surface area contributed by atoms with Crippen LogP contribution in [0.15, 0.2) is 18.2 Å². The summed E-state index contributed by atoms with van der Waals surface area (Å²) in [7, 11) is 0. The third-order valence-corrected chi connectivity index (χ3v) is 4.21. The number of carbonyl (C=O) groups is 1. The predicted molar refractivity (Wildman–Crippen MR) is 87.0 cm³/mol. The second-order valence-electron chi connectivity index (χ2n) is 5.78. The number of likely N-dealkylation sites (tertiary alicyclic amines) is 1. The number of fused-ring (bicyclic) bond motifs is 1. The summed E-state index contributed by atoms with van der Waals surface area (Å²) in [6.45, 7) is 3.83. The van der Waals surface area contributed by atoms with Gasteiger partial charge in [-0.1, -0.05) is 0 Å². The van der Waals surface area contributed by atoms with Gasteiger partial charge in [-0.25, -0.2) is 0 Å². The van der Waals surface area contributed by atoms with E-state index >= 15 is 0 Å². The Hall–Kier alpha value is -1.46. The minimum absolute atomic E-state index is 0. The number of benzene rings is 1. The molecule has 0 bridgehead atoms. The molecule has 2 atom stereocenters. The molecule has 2 heterocycles. The monoisotopic (exact) mass is 326 g/mol. The van der Waals surface area contributed by atoms with Crippen LogP contribution >= 0.6 is 12.4 Å². The first kappa shape index (κ1) is 16.9. The van der Waals surface area contributed by atoms with E-state index in [0.717, 1.165) is 25.8 Å². The molecule has 0 aliphatic carbocycles. The lowest BCUT2D eigenvalue weighted by atomic mass is 9.96. The summed E-state index contributed by atoms with van der Waals surface area (Å²) in [5, 5.41) is 0. The van der Waals surface area contributed by atoms with E-state index in [1.807, 2.05) is 24.0 Å². The highest BCUT2D eigenvalue weighted by molar-refractivity contribution is 5.95. The van der Waals surface area contributed by atoms with Crippen molar-refractivity contribution in [2.75, 3.05) is 19.8 Å². The van der Waals surface area contributed by atoms with Crippen molar-refractivity contribution in [1.29, 1.82) is 0 Å². The minimum Gasteiger partial charge on any atom is -0.486 e. The van der Waals surface area contributed by atoms with Crippen molar-refractivity contribution >= 4 is 18.3 Å². The summed E-state index contributed by atoms with van der Waals surface area (Å²) in [4.78, 5) is 14.7. The minimum atomic E-state index is -0.00791. The Morgan fingerprint density at radius 1 is 1.27 bits per heavy atom. The van der Waals surface area contributed by atoms with E-state index in [0.29, 0.717) is 30.3 Å². The van der Waals surface area contributed by atoms with Gasteiger partial charge in [0.25, 0.3) is 5.91 Å². The molecule has 1 aromatic carbocycles. The zero-order valence-corrected chi connectivity index (χ0v) is 13.6. The highest BCUT2D eigenvalue weighted by atomic mass is 35.5.